The number of aliphatic hydroxyl groups is 3. The molecule has 0 bridgehead atoms. The number of halogens is 9. The third-order valence-corrected chi connectivity index (χ3v) is 28.9. The zero-order valence-electron chi connectivity index (χ0n) is 65.5. The number of alkyl halides is 9. The third kappa shape index (κ3) is 20.1. The SMILES string of the molecule is C[C@H]1[C@@H](N=[N+]=[N-])CCC(O[C@@H]2C=C3CCC4C(CC[C@]5(C)[C@@H](c6ccc(=O)oc6)CC[C@]45O)[C@@]3(C)CC2)[C@H]1OC(=O)c1ccccc1.C[C@H]1[C@@H](N=[N+]=[N-])COC(OC(=N)C(Cl)(Cl)Cl)[C@H]1OC(=O)c1ccccc1.C[C@]12CC[C@H](O)C=C1CCC1C2CC[C@]2(C)[C@@H](c3ccc(=O)oc3)CC[C@]12O.O=S(=O)(O)C(F)(F)F.O=S(=O)(O)C(F)(F)F.[Zn]. The summed E-state index contributed by atoms with van der Waals surface area (Å²) in [5.41, 5.74) is 10.1. The van der Waals surface area contributed by atoms with E-state index in [2.05, 4.69) is 59.9 Å². The largest absolute Gasteiger partial charge is 0.522 e. The summed E-state index contributed by atoms with van der Waals surface area (Å²) in [6, 6.07) is 23.2. The number of allylic oxidation sites excluding steroid dienone is 2. The van der Waals surface area contributed by atoms with Crippen molar-refractivity contribution in [3.8, 4) is 0 Å². The van der Waals surface area contributed by atoms with Crippen molar-refractivity contribution in [2.45, 2.75) is 244 Å². The normalized spacial score (nSPS) is 35.2. The van der Waals surface area contributed by atoms with E-state index in [9.17, 15) is 60.8 Å². The van der Waals surface area contributed by atoms with E-state index in [4.69, 9.17) is 110 Å². The molecule has 39 heteroatoms. The van der Waals surface area contributed by atoms with Crippen molar-refractivity contribution in [2.75, 3.05) is 6.61 Å². The Bertz CT molecular complexity index is 4710. The maximum atomic E-state index is 13.1. The van der Waals surface area contributed by atoms with Gasteiger partial charge < -0.3 is 47.8 Å². The number of hydrogen-bond donors (Lipinski definition) is 6. The predicted molar refractivity (Wildman–Crippen MR) is 415 cm³/mol. The summed E-state index contributed by atoms with van der Waals surface area (Å²) in [4.78, 5) is 54.4. The van der Waals surface area contributed by atoms with Crippen molar-refractivity contribution in [1.82, 2.24) is 0 Å². The first-order valence-corrected chi connectivity index (χ1v) is 42.6. The van der Waals surface area contributed by atoms with Crippen molar-refractivity contribution >= 4 is 72.9 Å². The topological polar surface area (TPSA) is 432 Å². The van der Waals surface area contributed by atoms with E-state index in [-0.39, 0.29) is 107 Å². The molecule has 1 aliphatic heterocycles. The first-order valence-electron chi connectivity index (χ1n) is 38.6. The Morgan fingerprint density at radius 1 is 0.568 bits per heavy atom. The van der Waals surface area contributed by atoms with Crippen LogP contribution in [0, 0.1) is 62.6 Å². The molecule has 6 unspecified atom stereocenters. The maximum Gasteiger partial charge on any atom is 0.522 e. The fourth-order valence-electron chi connectivity index (χ4n) is 20.8. The van der Waals surface area contributed by atoms with E-state index in [1.54, 1.807) is 61.9 Å². The average molecular weight is 1810 g/mol. The van der Waals surface area contributed by atoms with Gasteiger partial charge in [0, 0.05) is 70.1 Å². The summed E-state index contributed by atoms with van der Waals surface area (Å²) in [5.74, 6) is -0.493. The molecule has 8 fully saturated rings. The minimum atomic E-state index is -5.84. The number of benzene rings is 2. The Labute approximate surface area is 705 Å². The van der Waals surface area contributed by atoms with Gasteiger partial charge in [0.25, 0.3) is 3.79 Å². The molecule has 7 saturated carbocycles. The van der Waals surface area contributed by atoms with Gasteiger partial charge in [0.2, 0.25) is 12.2 Å². The molecule has 0 amide bonds. The fraction of sp³-hybridized carbons (Fsp3) is 0.633. The molecule has 22 atom stereocenters. The van der Waals surface area contributed by atoms with Crippen LogP contribution >= 0.6 is 34.8 Å². The standard InChI is InChI=1S/C38H47N3O6.C24H32O4.C15H15Cl3N4O4.2CHF3O3S.Zn/c1-23-31(40-41-39)12-13-32(34(23)47-35(43)24-7-5-4-6-8-24)46-27-15-18-36(2)26(21-27)10-11-30-29(36)16-19-37(3)28(17-20-38(30,37)44)25-9-14-33(42)45-22-25;1-22-10-7-17(25)13-16(22)4-5-20-19(22)8-11-23(2)18(9-12-24(20,23)27)15-3-6-21(26)28-14-15;1-8-10(21-22-20)7-24-13(26-14(19)15(16,17)18)11(8)25-12(23)9-5-3-2-4-6-9;2*2-1(3,4)8(5,6)7;/h4-9,14,21-23,27-32,34,44H,10-13,15-20H2,1-3H3;3,6,13-14,17-20,25,27H,4-5,7-12H2,1-2H3;2-6,8,10-11,13,19H,7H2,1H3;2*(H,5,6,7);/t23-,27-,28+,29?,30?,31-,32?,34-,36-,37+,38-;17-,18+,19?,20?,22-,23+,24-;8-,10-,11-,13?;;;/m000.../s1. The fourth-order valence-corrected chi connectivity index (χ4v) is 21.0. The molecule has 3 heterocycles. The van der Waals surface area contributed by atoms with Crippen molar-refractivity contribution < 1.29 is 129 Å². The molecule has 2 aromatic carbocycles. The van der Waals surface area contributed by atoms with Crippen LogP contribution in [0.5, 0.6) is 0 Å². The van der Waals surface area contributed by atoms with Crippen LogP contribution < -0.4 is 11.3 Å². The summed E-state index contributed by atoms with van der Waals surface area (Å²) in [6.07, 6.45) is 20.9. The molecule has 118 heavy (non-hydrogen) atoms. The number of fused-ring (bicyclic) bond motifs is 10. The molecule has 4 aromatic rings. The molecule has 9 aliphatic carbocycles. The number of rotatable bonds is 11. The number of carbonyl (C=O) groups excluding carboxylic acids is 2. The molecule has 0 radical (unpaired) electrons. The Morgan fingerprint density at radius 2 is 0.992 bits per heavy atom. The van der Waals surface area contributed by atoms with Crippen molar-refractivity contribution in [3.63, 3.8) is 0 Å². The van der Waals surface area contributed by atoms with E-state index in [0.29, 0.717) is 41.7 Å². The van der Waals surface area contributed by atoms with Gasteiger partial charge in [-0.1, -0.05) is 146 Å². The molecule has 0 spiro atoms. The first-order chi connectivity index (χ1) is 54.6. The van der Waals surface area contributed by atoms with Gasteiger partial charge in [-0.05, 0) is 220 Å². The Morgan fingerprint density at radius 3 is 1.42 bits per heavy atom. The minimum absolute atomic E-state index is 0. The van der Waals surface area contributed by atoms with Crippen LogP contribution in [0.2, 0.25) is 0 Å². The second-order valence-electron chi connectivity index (χ2n) is 33.1. The third-order valence-electron chi connectivity index (χ3n) is 27.2. The Kier molecular flexibility index (Phi) is 30.2. The summed E-state index contributed by atoms with van der Waals surface area (Å²) >= 11 is 16.9. The van der Waals surface area contributed by atoms with Crippen molar-refractivity contribution in [2.24, 2.45) is 67.4 Å². The van der Waals surface area contributed by atoms with Gasteiger partial charge in [-0.15, -0.1) is 0 Å². The number of nitrogens with zero attached hydrogens (tertiary/aromatic N) is 6. The van der Waals surface area contributed by atoms with E-state index in [1.807, 2.05) is 37.3 Å². The van der Waals surface area contributed by atoms with Crippen LogP contribution in [-0.2, 0) is 63.4 Å². The number of esters is 2. The number of carbonyl (C=O) groups is 2. The van der Waals surface area contributed by atoms with Crippen molar-refractivity contribution in [1.29, 1.82) is 5.41 Å². The zero-order chi connectivity index (χ0) is 86.0. The molecule has 644 valence electrons. The monoisotopic (exact) mass is 1810 g/mol. The van der Waals surface area contributed by atoms with Crippen LogP contribution in [0.1, 0.15) is 201 Å². The summed E-state index contributed by atoms with van der Waals surface area (Å²) in [5, 5.41) is 50.2. The van der Waals surface area contributed by atoms with Gasteiger partial charge in [-0.25, -0.2) is 19.2 Å². The van der Waals surface area contributed by atoms with Crippen LogP contribution in [-0.4, -0.2) is 141 Å². The first kappa shape index (κ1) is 95.4. The van der Waals surface area contributed by atoms with E-state index in [0.717, 1.165) is 114 Å². The maximum absolute atomic E-state index is 13.1. The average Bonchev–Trinajstić information content (AvgIpc) is 1.48. The van der Waals surface area contributed by atoms with E-state index < -0.39 is 94.5 Å². The molecular weight excluding hydrogens is 1720 g/mol. The van der Waals surface area contributed by atoms with Gasteiger partial charge in [0.05, 0.1) is 65.8 Å². The van der Waals surface area contributed by atoms with Crippen LogP contribution in [0.3, 0.4) is 0 Å². The quantitative estimate of drug-likeness (QED) is 0.00660. The van der Waals surface area contributed by atoms with Gasteiger partial charge in [-0.3, -0.25) is 14.5 Å². The molecule has 14 rings (SSSR count). The number of hydrogen-bond acceptors (Lipinski definition) is 21. The molecule has 10 aliphatic rings. The molecule has 2 aromatic heterocycles. The van der Waals surface area contributed by atoms with Crippen LogP contribution in [0.15, 0.2) is 149 Å². The van der Waals surface area contributed by atoms with E-state index in [1.165, 1.54) is 23.3 Å². The van der Waals surface area contributed by atoms with Crippen molar-refractivity contribution in [3.05, 3.63) is 185 Å². The number of nitrogens with one attached hydrogen (secondary N) is 1. The zero-order valence-corrected chi connectivity index (χ0v) is 72.4. The number of aliphatic hydroxyl groups excluding tert-OH is 1. The predicted octanol–water partition coefficient (Wildman–Crippen LogP) is 17.1. The molecule has 27 nitrogen and oxygen atoms in total. The van der Waals surface area contributed by atoms with Gasteiger partial charge in [0.1, 0.15) is 6.10 Å². The minimum Gasteiger partial charge on any atom is -0.456 e. The molecule has 1 saturated heterocycles. The smallest absolute Gasteiger partial charge is 0.456 e. The molecule has 6 N–H and O–H groups in total. The van der Waals surface area contributed by atoms with Crippen LogP contribution in [0.4, 0.5) is 26.3 Å². The van der Waals surface area contributed by atoms with E-state index >= 15 is 0 Å². The van der Waals surface area contributed by atoms with Gasteiger partial charge >= 0.3 is 54.4 Å². The van der Waals surface area contributed by atoms with Crippen LogP contribution in [0.25, 0.3) is 20.9 Å². The number of azide groups is 2. The molecular formula is C79H96Cl3F6N7O20S2Zn. The van der Waals surface area contributed by atoms with Gasteiger partial charge in [-0.2, -0.15) is 43.2 Å². The summed E-state index contributed by atoms with van der Waals surface area (Å²) in [6.45, 7) is 13.0. The number of ether oxygens (including phenoxy) is 5. The summed E-state index contributed by atoms with van der Waals surface area (Å²) < 4.78 is 153. The summed E-state index contributed by atoms with van der Waals surface area (Å²) in [7, 11) is -11.7. The Balaban J connectivity index is 0.000000192. The second-order valence-corrected chi connectivity index (χ2v) is 38.2. The second kappa shape index (κ2) is 37.3. The Hall–Kier alpha value is -6.46. The van der Waals surface area contributed by atoms with Gasteiger partial charge in [0.15, 0.2) is 6.10 Å².